The Balaban J connectivity index is 1.19. The zero-order valence-corrected chi connectivity index (χ0v) is 37.2. The van der Waals surface area contributed by atoms with E-state index in [2.05, 4.69) is 248 Å². The van der Waals surface area contributed by atoms with Crippen LogP contribution in [0.1, 0.15) is 65.8 Å². The van der Waals surface area contributed by atoms with Crippen molar-refractivity contribution in [2.75, 3.05) is 4.90 Å². The summed E-state index contributed by atoms with van der Waals surface area (Å²) in [6, 6.07) is 90.6. The number of hydrogen-bond donors (Lipinski definition) is 0. The Morgan fingerprint density at radius 1 is 0.348 bits per heavy atom. The van der Waals surface area contributed by atoms with E-state index in [4.69, 9.17) is 0 Å². The molecule has 12 rings (SSSR count). The first kappa shape index (κ1) is 39.8. The summed E-state index contributed by atoms with van der Waals surface area (Å²) in [5, 5.41) is 2.69. The Morgan fingerprint density at radius 2 is 0.879 bits per heavy atom. The van der Waals surface area contributed by atoms with Crippen LogP contribution in [-0.4, -0.2) is 0 Å². The van der Waals surface area contributed by atoms with Gasteiger partial charge in [0.25, 0.3) is 0 Å². The first-order chi connectivity index (χ1) is 32.8. The quantitative estimate of drug-likeness (QED) is 0.140. The Morgan fingerprint density at radius 3 is 1.59 bits per heavy atom. The van der Waals surface area contributed by atoms with Crippen LogP contribution in [0.2, 0.25) is 0 Å². The lowest BCUT2D eigenvalue weighted by atomic mass is 9.68. The maximum absolute atomic E-state index is 2.61. The molecule has 2 aliphatic carbocycles. The van der Waals surface area contributed by atoms with Gasteiger partial charge in [-0.05, 0) is 109 Å². The van der Waals surface area contributed by atoms with Crippen LogP contribution >= 0.6 is 0 Å². The van der Waals surface area contributed by atoms with Crippen LogP contribution in [-0.2, 0) is 5.41 Å². The number of fused-ring (bicyclic) bond motifs is 4. The van der Waals surface area contributed by atoms with E-state index in [1.807, 2.05) is 0 Å². The molecule has 10 aromatic rings. The van der Waals surface area contributed by atoms with E-state index in [1.54, 1.807) is 0 Å². The third-order valence-corrected chi connectivity index (χ3v) is 14.5. The van der Waals surface area contributed by atoms with Crippen molar-refractivity contribution >= 4 is 27.8 Å². The average Bonchev–Trinajstić information content (AvgIpc) is 3.71. The predicted molar refractivity (Wildman–Crippen MR) is 278 cm³/mol. The number of para-hydroxylation sites is 1. The minimum Gasteiger partial charge on any atom is -0.309 e. The molecule has 1 nitrogen and oxygen atoms in total. The van der Waals surface area contributed by atoms with E-state index in [0.717, 1.165) is 17.1 Å². The maximum Gasteiger partial charge on any atom is 0.0714 e. The second-order valence-electron chi connectivity index (χ2n) is 18.1. The van der Waals surface area contributed by atoms with Gasteiger partial charge in [-0.3, -0.25) is 0 Å². The first-order valence-electron chi connectivity index (χ1n) is 23.8. The van der Waals surface area contributed by atoms with Crippen molar-refractivity contribution in [2.45, 2.75) is 43.4 Å². The van der Waals surface area contributed by atoms with Gasteiger partial charge in [0.15, 0.2) is 0 Å². The maximum atomic E-state index is 2.61. The zero-order chi connectivity index (χ0) is 43.9. The van der Waals surface area contributed by atoms with Crippen LogP contribution in [0.5, 0.6) is 0 Å². The van der Waals surface area contributed by atoms with Crippen LogP contribution in [0.25, 0.3) is 55.3 Å². The normalized spacial score (nSPS) is 14.1. The van der Waals surface area contributed by atoms with Gasteiger partial charge in [0.1, 0.15) is 0 Å². The third kappa shape index (κ3) is 6.61. The highest BCUT2D eigenvalue weighted by atomic mass is 15.2. The van der Waals surface area contributed by atoms with Gasteiger partial charge >= 0.3 is 0 Å². The highest BCUT2D eigenvalue weighted by molar-refractivity contribution is 6.06. The number of rotatable bonds is 9. The molecule has 10 aromatic carbocycles. The molecule has 66 heavy (non-hydrogen) atoms. The topological polar surface area (TPSA) is 3.24 Å². The molecule has 1 fully saturated rings. The van der Waals surface area contributed by atoms with Gasteiger partial charge in [0, 0.05) is 16.7 Å². The molecule has 316 valence electrons. The van der Waals surface area contributed by atoms with Crippen molar-refractivity contribution in [1.29, 1.82) is 0 Å². The fraction of sp³-hybridized carbons (Fsp3) is 0.108. The van der Waals surface area contributed by atoms with Gasteiger partial charge in [-0.2, -0.15) is 0 Å². The smallest absolute Gasteiger partial charge is 0.0714 e. The van der Waals surface area contributed by atoms with E-state index in [-0.39, 0.29) is 0 Å². The molecule has 0 aromatic heterocycles. The minimum atomic E-state index is -0.542. The lowest BCUT2D eigenvalue weighted by Gasteiger charge is -2.35. The number of anilines is 3. The summed E-state index contributed by atoms with van der Waals surface area (Å²) >= 11 is 0. The summed E-state index contributed by atoms with van der Waals surface area (Å²) in [5.74, 6) is 0.556. The van der Waals surface area contributed by atoms with Crippen LogP contribution in [0.15, 0.2) is 243 Å². The summed E-state index contributed by atoms with van der Waals surface area (Å²) in [5.41, 5.74) is 19.2. The fourth-order valence-electron chi connectivity index (χ4n) is 11.7. The molecule has 0 aliphatic heterocycles. The number of hydrogen-bond acceptors (Lipinski definition) is 1. The molecule has 0 amide bonds. The second kappa shape index (κ2) is 17.0. The van der Waals surface area contributed by atoms with Crippen LogP contribution in [0.3, 0.4) is 0 Å². The molecule has 1 heteroatoms. The van der Waals surface area contributed by atoms with Gasteiger partial charge < -0.3 is 4.90 Å². The van der Waals surface area contributed by atoms with E-state index >= 15 is 0 Å². The largest absolute Gasteiger partial charge is 0.309 e. The lowest BCUT2D eigenvalue weighted by molar-refractivity contribution is 0.445. The highest BCUT2D eigenvalue weighted by Crippen LogP contribution is 2.60. The van der Waals surface area contributed by atoms with E-state index in [9.17, 15) is 0 Å². The van der Waals surface area contributed by atoms with E-state index < -0.39 is 5.41 Å². The molecule has 0 unspecified atom stereocenters. The van der Waals surface area contributed by atoms with Gasteiger partial charge in [-0.25, -0.2) is 0 Å². The fourth-order valence-corrected chi connectivity index (χ4v) is 11.7. The summed E-state index contributed by atoms with van der Waals surface area (Å²) in [6.45, 7) is 0. The monoisotopic (exact) mass is 845 g/mol. The van der Waals surface area contributed by atoms with Crippen LogP contribution in [0.4, 0.5) is 17.1 Å². The number of nitrogens with zero attached hydrogens (tertiary/aromatic N) is 1. The molecule has 1 saturated carbocycles. The van der Waals surface area contributed by atoms with Crippen molar-refractivity contribution in [1.82, 2.24) is 0 Å². The Bertz CT molecular complexity index is 3280. The predicted octanol–water partition coefficient (Wildman–Crippen LogP) is 17.7. The first-order valence-corrected chi connectivity index (χ1v) is 23.8. The van der Waals surface area contributed by atoms with Crippen molar-refractivity contribution in [3.05, 3.63) is 270 Å². The molecule has 0 bridgehead atoms. The number of benzene rings is 10. The summed E-state index contributed by atoms with van der Waals surface area (Å²) in [7, 11) is 0. The van der Waals surface area contributed by atoms with Crippen molar-refractivity contribution < 1.29 is 0 Å². The van der Waals surface area contributed by atoms with E-state index in [1.165, 1.54) is 115 Å². The summed E-state index contributed by atoms with van der Waals surface area (Å²) in [6.07, 6.45) is 6.41. The zero-order valence-electron chi connectivity index (χ0n) is 37.2. The molecular formula is C65H51N. The van der Waals surface area contributed by atoms with Crippen LogP contribution < -0.4 is 4.90 Å². The Kier molecular flexibility index (Phi) is 10.3. The van der Waals surface area contributed by atoms with Gasteiger partial charge in [-0.1, -0.05) is 238 Å². The van der Waals surface area contributed by atoms with Gasteiger partial charge in [0.2, 0.25) is 0 Å². The van der Waals surface area contributed by atoms with Crippen LogP contribution in [0, 0.1) is 0 Å². The highest BCUT2D eigenvalue weighted by Gasteiger charge is 2.47. The Labute approximate surface area is 389 Å². The lowest BCUT2D eigenvalue weighted by Crippen LogP contribution is -2.28. The van der Waals surface area contributed by atoms with Crippen molar-refractivity contribution in [2.24, 2.45) is 0 Å². The molecule has 0 heterocycles. The standard InChI is InChI=1S/C65H51N/c1-6-23-46(24-7-1)50-43-44-61(57(45-50)48-27-10-3-11-28-48)66(60-41-19-17-35-54(60)55-38-21-30-49-29-20-37-53(63(49)55)47-25-8-2-9-26-47)62-42-22-40-59-64(62)56-36-16-18-39-58(56)65(59,51-31-12-4-13-32-51)52-33-14-5-15-34-52/h1,3-7,10-24,27-45,47H,2,8-9,25-26H2. The molecule has 0 saturated heterocycles. The average molecular weight is 846 g/mol. The molecule has 0 N–H and O–H groups in total. The van der Waals surface area contributed by atoms with Crippen molar-refractivity contribution in [3.8, 4) is 44.5 Å². The molecule has 0 atom stereocenters. The Hall–Kier alpha value is -7.74. The van der Waals surface area contributed by atoms with Gasteiger partial charge in [-0.15, -0.1) is 0 Å². The third-order valence-electron chi connectivity index (χ3n) is 14.5. The SMILES string of the molecule is c1ccc(-c2ccc(N(c3ccccc3-c3cccc4cccc(C5CCCCC5)c34)c3cccc4c3-c3ccccc3C4(c3ccccc3)c3ccccc3)c(-c3ccccc3)c2)cc1. The molecule has 0 radical (unpaired) electrons. The summed E-state index contributed by atoms with van der Waals surface area (Å²) < 4.78 is 0. The van der Waals surface area contributed by atoms with E-state index in [0.29, 0.717) is 5.92 Å². The van der Waals surface area contributed by atoms with Gasteiger partial charge in [0.05, 0.1) is 22.5 Å². The molecule has 0 spiro atoms. The second-order valence-corrected chi connectivity index (χ2v) is 18.1. The van der Waals surface area contributed by atoms with Crippen molar-refractivity contribution in [3.63, 3.8) is 0 Å². The molecule has 2 aliphatic rings. The molecular weight excluding hydrogens is 795 g/mol. The summed E-state index contributed by atoms with van der Waals surface area (Å²) in [4.78, 5) is 2.61. The minimum absolute atomic E-state index is 0.542.